The van der Waals surface area contributed by atoms with E-state index in [0.717, 1.165) is 30.4 Å². The zero-order valence-corrected chi connectivity index (χ0v) is 15.3. The Balaban J connectivity index is 0.00000176. The first-order valence-electron chi connectivity index (χ1n) is 7.89. The minimum atomic E-state index is -0.150. The van der Waals surface area contributed by atoms with E-state index in [0.29, 0.717) is 5.92 Å². The van der Waals surface area contributed by atoms with Crippen LogP contribution in [-0.4, -0.2) is 19.0 Å². The number of amides is 1. The Hall–Kier alpha value is -0.580. The van der Waals surface area contributed by atoms with Crippen molar-refractivity contribution in [2.24, 2.45) is 11.8 Å². The van der Waals surface area contributed by atoms with Gasteiger partial charge < -0.3 is 10.6 Å². The summed E-state index contributed by atoms with van der Waals surface area (Å²) in [7, 11) is 0. The van der Waals surface area contributed by atoms with Crippen molar-refractivity contribution in [1.29, 1.82) is 0 Å². The van der Waals surface area contributed by atoms with Crippen LogP contribution in [0.15, 0.2) is 28.7 Å². The number of hydrogen-bond donors (Lipinski definition) is 2. The fourth-order valence-electron chi connectivity index (χ4n) is 3.46. The third kappa shape index (κ3) is 3.50. The van der Waals surface area contributed by atoms with Gasteiger partial charge in [0.25, 0.3) is 0 Å². The number of carbonyl (C=O) groups is 1. The normalized spacial score (nSPS) is 21.5. The van der Waals surface area contributed by atoms with Gasteiger partial charge in [0.2, 0.25) is 5.91 Å². The maximum Gasteiger partial charge on any atom is 0.223 e. The van der Waals surface area contributed by atoms with E-state index in [1.54, 1.807) is 0 Å². The molecule has 2 aliphatic rings. The molecule has 0 aromatic heterocycles. The first kappa shape index (κ1) is 17.8. The van der Waals surface area contributed by atoms with Crippen LogP contribution in [0.1, 0.15) is 38.2 Å². The van der Waals surface area contributed by atoms with Gasteiger partial charge >= 0.3 is 0 Å². The standard InChI is InChI=1S/C17H23BrN2O.ClH/c1-12(13-10-19-11-13)16(21)20-17(8-2-3-9-17)14-4-6-15(18)7-5-14;/h4-7,12-13,19H,2-3,8-11H2,1H3,(H,20,21);1H. The number of hydrogen-bond acceptors (Lipinski definition) is 2. The molecule has 1 amide bonds. The van der Waals surface area contributed by atoms with Gasteiger partial charge in [-0.2, -0.15) is 0 Å². The molecule has 1 atom stereocenters. The molecule has 1 saturated heterocycles. The number of benzene rings is 1. The smallest absolute Gasteiger partial charge is 0.223 e. The zero-order chi connectivity index (χ0) is 14.9. The van der Waals surface area contributed by atoms with E-state index in [9.17, 15) is 4.79 Å². The topological polar surface area (TPSA) is 41.1 Å². The van der Waals surface area contributed by atoms with Crippen molar-refractivity contribution in [2.75, 3.05) is 13.1 Å². The summed E-state index contributed by atoms with van der Waals surface area (Å²) in [5, 5.41) is 6.65. The van der Waals surface area contributed by atoms with E-state index < -0.39 is 0 Å². The van der Waals surface area contributed by atoms with Gasteiger partial charge in [-0.3, -0.25) is 4.79 Å². The predicted octanol–water partition coefficient (Wildman–Crippen LogP) is 3.61. The minimum Gasteiger partial charge on any atom is -0.346 e. The van der Waals surface area contributed by atoms with Crippen molar-refractivity contribution in [3.8, 4) is 0 Å². The molecule has 1 aromatic rings. The molecular weight excluding hydrogens is 364 g/mol. The van der Waals surface area contributed by atoms with Crippen molar-refractivity contribution < 1.29 is 4.79 Å². The number of rotatable bonds is 4. The van der Waals surface area contributed by atoms with Crippen molar-refractivity contribution in [2.45, 2.75) is 38.1 Å². The molecule has 2 fully saturated rings. The van der Waals surface area contributed by atoms with Gasteiger partial charge in [0, 0.05) is 10.4 Å². The average molecular weight is 388 g/mol. The lowest BCUT2D eigenvalue weighted by Crippen LogP contribution is -2.53. The number of nitrogens with one attached hydrogen (secondary N) is 2. The Labute approximate surface area is 147 Å². The molecule has 5 heteroatoms. The van der Waals surface area contributed by atoms with Gasteiger partial charge in [-0.1, -0.05) is 47.8 Å². The molecule has 22 heavy (non-hydrogen) atoms. The lowest BCUT2D eigenvalue weighted by atomic mass is 9.84. The second-order valence-corrected chi connectivity index (χ2v) is 7.41. The Morgan fingerprint density at radius 1 is 1.27 bits per heavy atom. The third-order valence-electron chi connectivity index (χ3n) is 5.15. The van der Waals surface area contributed by atoms with Crippen molar-refractivity contribution in [3.63, 3.8) is 0 Å². The monoisotopic (exact) mass is 386 g/mol. The summed E-state index contributed by atoms with van der Waals surface area (Å²) in [6.07, 6.45) is 4.48. The molecule has 0 spiro atoms. The summed E-state index contributed by atoms with van der Waals surface area (Å²) in [5.41, 5.74) is 1.10. The number of halogens is 2. The van der Waals surface area contributed by atoms with E-state index in [1.165, 1.54) is 18.4 Å². The van der Waals surface area contributed by atoms with Crippen LogP contribution in [-0.2, 0) is 10.3 Å². The van der Waals surface area contributed by atoms with Gasteiger partial charge in [0.1, 0.15) is 0 Å². The molecule has 1 aliphatic heterocycles. The quantitative estimate of drug-likeness (QED) is 0.828. The first-order chi connectivity index (χ1) is 10.1. The molecule has 122 valence electrons. The molecule has 0 bridgehead atoms. The van der Waals surface area contributed by atoms with Crippen LogP contribution in [0.5, 0.6) is 0 Å². The fraction of sp³-hybridized carbons (Fsp3) is 0.588. The number of carbonyl (C=O) groups excluding carboxylic acids is 1. The van der Waals surface area contributed by atoms with Gasteiger partial charge in [0.05, 0.1) is 5.54 Å². The Kier molecular flexibility index (Phi) is 5.92. The Morgan fingerprint density at radius 3 is 2.36 bits per heavy atom. The average Bonchev–Trinajstić information content (AvgIpc) is 2.87. The van der Waals surface area contributed by atoms with Gasteiger partial charge in [-0.15, -0.1) is 12.4 Å². The summed E-state index contributed by atoms with van der Waals surface area (Å²) in [6, 6.07) is 8.43. The van der Waals surface area contributed by atoms with Crippen LogP contribution >= 0.6 is 28.3 Å². The van der Waals surface area contributed by atoms with Crippen LogP contribution in [0.4, 0.5) is 0 Å². The molecule has 1 unspecified atom stereocenters. The largest absolute Gasteiger partial charge is 0.346 e. The second-order valence-electron chi connectivity index (χ2n) is 6.49. The van der Waals surface area contributed by atoms with Gasteiger partial charge in [-0.05, 0) is 49.5 Å². The van der Waals surface area contributed by atoms with Crippen LogP contribution < -0.4 is 10.6 Å². The SMILES string of the molecule is CC(C(=O)NC1(c2ccc(Br)cc2)CCCC1)C1CNC1.Cl. The molecule has 1 aromatic carbocycles. The maximum atomic E-state index is 12.6. The maximum absolute atomic E-state index is 12.6. The summed E-state index contributed by atoms with van der Waals surface area (Å²) in [6.45, 7) is 4.00. The lowest BCUT2D eigenvalue weighted by molar-refractivity contribution is -0.128. The molecule has 2 N–H and O–H groups in total. The Bertz CT molecular complexity index is 510. The van der Waals surface area contributed by atoms with Crippen molar-refractivity contribution >= 4 is 34.2 Å². The summed E-state index contributed by atoms with van der Waals surface area (Å²) in [5.74, 6) is 0.805. The van der Waals surface area contributed by atoms with Gasteiger partial charge in [-0.25, -0.2) is 0 Å². The van der Waals surface area contributed by atoms with E-state index in [1.807, 2.05) is 0 Å². The van der Waals surface area contributed by atoms with Crippen LogP contribution in [0, 0.1) is 11.8 Å². The molecule has 1 aliphatic carbocycles. The fourth-order valence-corrected chi connectivity index (χ4v) is 3.73. The highest BCUT2D eigenvalue weighted by molar-refractivity contribution is 9.10. The van der Waals surface area contributed by atoms with Crippen LogP contribution in [0.3, 0.4) is 0 Å². The minimum absolute atomic E-state index is 0. The summed E-state index contributed by atoms with van der Waals surface area (Å²) < 4.78 is 1.08. The molecule has 0 radical (unpaired) electrons. The summed E-state index contributed by atoms with van der Waals surface area (Å²) in [4.78, 5) is 12.6. The van der Waals surface area contributed by atoms with E-state index in [4.69, 9.17) is 0 Å². The van der Waals surface area contributed by atoms with E-state index in [-0.39, 0.29) is 29.8 Å². The first-order valence-corrected chi connectivity index (χ1v) is 8.69. The van der Waals surface area contributed by atoms with Crippen LogP contribution in [0.25, 0.3) is 0 Å². The molecule has 3 rings (SSSR count). The van der Waals surface area contributed by atoms with E-state index in [2.05, 4.69) is 57.8 Å². The lowest BCUT2D eigenvalue weighted by Gasteiger charge is -2.36. The molecule has 1 saturated carbocycles. The van der Waals surface area contributed by atoms with Crippen LogP contribution in [0.2, 0.25) is 0 Å². The van der Waals surface area contributed by atoms with Gasteiger partial charge in [0.15, 0.2) is 0 Å². The summed E-state index contributed by atoms with van der Waals surface area (Å²) >= 11 is 3.49. The predicted molar refractivity (Wildman–Crippen MR) is 95.2 cm³/mol. The molecule has 1 heterocycles. The Morgan fingerprint density at radius 2 is 1.86 bits per heavy atom. The highest BCUT2D eigenvalue weighted by Crippen LogP contribution is 2.39. The second kappa shape index (κ2) is 7.33. The highest BCUT2D eigenvalue weighted by atomic mass is 79.9. The van der Waals surface area contributed by atoms with E-state index >= 15 is 0 Å². The van der Waals surface area contributed by atoms with Crippen molar-refractivity contribution in [1.82, 2.24) is 10.6 Å². The zero-order valence-electron chi connectivity index (χ0n) is 12.9. The molecular formula is C17H24BrClN2O. The highest BCUT2D eigenvalue weighted by Gasteiger charge is 2.39. The third-order valence-corrected chi connectivity index (χ3v) is 5.68. The molecule has 3 nitrogen and oxygen atoms in total. The van der Waals surface area contributed by atoms with Crippen molar-refractivity contribution in [3.05, 3.63) is 34.3 Å².